The van der Waals surface area contributed by atoms with Crippen LogP contribution in [0.4, 0.5) is 0 Å². The molecule has 0 heterocycles. The summed E-state index contributed by atoms with van der Waals surface area (Å²) in [5.74, 6) is 0. The third-order valence-corrected chi connectivity index (χ3v) is 0.575. The lowest BCUT2D eigenvalue weighted by atomic mass is 10.3. The standard InChI is InChI=1S/C7H9/c1-3-5-7-6-4-2/h1,3-6H,2,7H2. The Bertz CT molecular complexity index is 58.1. The highest BCUT2D eigenvalue weighted by Gasteiger charge is 1.61. The van der Waals surface area contributed by atoms with Crippen LogP contribution in [0.2, 0.25) is 0 Å². The van der Waals surface area contributed by atoms with Gasteiger partial charge in [-0.1, -0.05) is 24.3 Å². The second-order valence-corrected chi connectivity index (χ2v) is 1.14. The van der Waals surface area contributed by atoms with E-state index in [0.29, 0.717) is 0 Å². The van der Waals surface area contributed by atoms with Gasteiger partial charge in [-0.2, -0.15) is 0 Å². The molecular weight excluding hydrogens is 84.1 g/mol. The summed E-state index contributed by atoms with van der Waals surface area (Å²) in [4.78, 5) is 0. The lowest BCUT2D eigenvalue weighted by Crippen LogP contribution is -1.52. The van der Waals surface area contributed by atoms with Gasteiger partial charge in [-0.25, -0.2) is 0 Å². The van der Waals surface area contributed by atoms with Gasteiger partial charge in [-0.15, -0.1) is 0 Å². The van der Waals surface area contributed by atoms with Gasteiger partial charge in [0.15, 0.2) is 0 Å². The average molecular weight is 93.1 g/mol. The van der Waals surface area contributed by atoms with Gasteiger partial charge in [0.1, 0.15) is 0 Å². The van der Waals surface area contributed by atoms with E-state index in [1.807, 2.05) is 12.2 Å². The van der Waals surface area contributed by atoms with Crippen molar-refractivity contribution in [3.63, 3.8) is 0 Å². The van der Waals surface area contributed by atoms with E-state index in [1.54, 1.807) is 6.08 Å². The normalized spacial score (nSPS) is 11.7. The molecule has 0 aromatic rings. The molecule has 3 radical (unpaired) electrons. The lowest BCUT2D eigenvalue weighted by Gasteiger charge is -1.73. The first-order chi connectivity index (χ1) is 3.41. The third kappa shape index (κ3) is 5.48. The van der Waals surface area contributed by atoms with E-state index in [1.165, 1.54) is 6.08 Å². The maximum atomic E-state index is 5.03. The van der Waals surface area contributed by atoms with Crippen LogP contribution in [-0.2, 0) is 0 Å². The summed E-state index contributed by atoms with van der Waals surface area (Å²) >= 11 is 0. The predicted octanol–water partition coefficient (Wildman–Crippen LogP) is 2.03. The van der Waals surface area contributed by atoms with Crippen LogP contribution in [0.5, 0.6) is 0 Å². The van der Waals surface area contributed by atoms with E-state index >= 15 is 0 Å². The summed E-state index contributed by atoms with van der Waals surface area (Å²) in [6.45, 7) is 8.54. The summed E-state index contributed by atoms with van der Waals surface area (Å²) in [5.41, 5.74) is 0. The number of rotatable bonds is 2. The minimum Gasteiger partial charge on any atom is -0.0879 e. The molecule has 0 saturated heterocycles. The zero-order valence-electron chi connectivity index (χ0n) is 4.30. The molecular formula is C7H9. The van der Waals surface area contributed by atoms with Crippen molar-refractivity contribution in [2.45, 2.75) is 6.42 Å². The van der Waals surface area contributed by atoms with Gasteiger partial charge in [0, 0.05) is 0 Å². The summed E-state index contributed by atoms with van der Waals surface area (Å²) in [6, 6.07) is 0. The molecule has 0 nitrogen and oxygen atoms in total. The molecule has 0 rings (SSSR count). The van der Waals surface area contributed by atoms with Crippen molar-refractivity contribution in [2.24, 2.45) is 0 Å². The van der Waals surface area contributed by atoms with Gasteiger partial charge in [-0.3, -0.25) is 0 Å². The second kappa shape index (κ2) is 5.48. The Morgan fingerprint density at radius 1 is 1.43 bits per heavy atom. The first-order valence-electron chi connectivity index (χ1n) is 2.22. The number of allylic oxidation sites excluding steroid dienone is 4. The quantitative estimate of drug-likeness (QED) is 0.490. The molecule has 0 spiro atoms. The zero-order valence-corrected chi connectivity index (χ0v) is 4.30. The molecule has 0 saturated carbocycles. The van der Waals surface area contributed by atoms with Gasteiger partial charge in [0.25, 0.3) is 0 Å². The van der Waals surface area contributed by atoms with Crippen LogP contribution >= 0.6 is 0 Å². The van der Waals surface area contributed by atoms with Crippen LogP contribution in [0, 0.1) is 13.8 Å². The molecule has 0 bridgehead atoms. The van der Waals surface area contributed by atoms with Crippen LogP contribution in [0.3, 0.4) is 0 Å². The Kier molecular flexibility index (Phi) is 5.07. The van der Waals surface area contributed by atoms with E-state index in [4.69, 9.17) is 6.92 Å². The van der Waals surface area contributed by atoms with Crippen molar-refractivity contribution in [3.8, 4) is 0 Å². The highest BCUT2D eigenvalue weighted by Crippen LogP contribution is 1.82. The molecule has 0 heteroatoms. The van der Waals surface area contributed by atoms with E-state index < -0.39 is 0 Å². The highest BCUT2D eigenvalue weighted by molar-refractivity contribution is 4.94. The minimum atomic E-state index is 0.889. The summed E-state index contributed by atoms with van der Waals surface area (Å²) in [6.07, 6.45) is 7.96. The Hall–Kier alpha value is -0.520. The Labute approximate surface area is 45.5 Å². The SMILES string of the molecule is [CH]C=CCC=C[CH2]. The monoisotopic (exact) mass is 93.1 g/mol. The van der Waals surface area contributed by atoms with Crippen LogP contribution < -0.4 is 0 Å². The van der Waals surface area contributed by atoms with Crippen molar-refractivity contribution in [3.05, 3.63) is 38.2 Å². The predicted molar refractivity (Wildman–Crippen MR) is 32.6 cm³/mol. The van der Waals surface area contributed by atoms with Crippen LogP contribution in [0.15, 0.2) is 24.3 Å². The molecule has 0 aromatic heterocycles. The second-order valence-electron chi connectivity index (χ2n) is 1.14. The van der Waals surface area contributed by atoms with E-state index in [2.05, 4.69) is 6.92 Å². The molecule has 0 fully saturated rings. The first-order valence-corrected chi connectivity index (χ1v) is 2.22. The third-order valence-electron chi connectivity index (χ3n) is 0.575. The minimum absolute atomic E-state index is 0.889. The van der Waals surface area contributed by atoms with Gasteiger partial charge < -0.3 is 0 Å². The van der Waals surface area contributed by atoms with E-state index in [9.17, 15) is 0 Å². The number of hydrogen-bond donors (Lipinski definition) is 0. The largest absolute Gasteiger partial charge is 0.0879 e. The van der Waals surface area contributed by atoms with Crippen LogP contribution in [0.1, 0.15) is 6.42 Å². The summed E-state index contributed by atoms with van der Waals surface area (Å²) in [7, 11) is 0. The Morgan fingerprint density at radius 3 is 2.57 bits per heavy atom. The van der Waals surface area contributed by atoms with Crippen LogP contribution in [-0.4, -0.2) is 0 Å². The fourth-order valence-corrected chi connectivity index (χ4v) is 0.253. The summed E-state index contributed by atoms with van der Waals surface area (Å²) in [5, 5.41) is 0. The first kappa shape index (κ1) is 6.48. The van der Waals surface area contributed by atoms with Crippen LogP contribution in [0.25, 0.3) is 0 Å². The highest BCUT2D eigenvalue weighted by atomic mass is 13.7. The van der Waals surface area contributed by atoms with E-state index in [0.717, 1.165) is 6.42 Å². The molecule has 37 valence electrons. The molecule has 0 aliphatic carbocycles. The fraction of sp³-hybridized carbons (Fsp3) is 0.143. The molecule has 0 aliphatic heterocycles. The smallest absolute Gasteiger partial charge is 0.00957 e. The Balaban J connectivity index is 2.98. The number of hydrogen-bond acceptors (Lipinski definition) is 0. The fourth-order valence-electron chi connectivity index (χ4n) is 0.253. The van der Waals surface area contributed by atoms with Gasteiger partial charge in [0.05, 0.1) is 0 Å². The van der Waals surface area contributed by atoms with Crippen molar-refractivity contribution in [1.82, 2.24) is 0 Å². The molecule has 0 amide bonds. The van der Waals surface area contributed by atoms with Gasteiger partial charge in [0.2, 0.25) is 0 Å². The summed E-state index contributed by atoms with van der Waals surface area (Å²) < 4.78 is 0. The molecule has 0 N–H and O–H groups in total. The Morgan fingerprint density at radius 2 is 2.14 bits per heavy atom. The van der Waals surface area contributed by atoms with E-state index in [-0.39, 0.29) is 0 Å². The van der Waals surface area contributed by atoms with Gasteiger partial charge >= 0.3 is 0 Å². The lowest BCUT2D eigenvalue weighted by molar-refractivity contribution is 1.39. The maximum absolute atomic E-state index is 5.03. The van der Waals surface area contributed by atoms with Crippen molar-refractivity contribution in [2.75, 3.05) is 0 Å². The van der Waals surface area contributed by atoms with Gasteiger partial charge in [-0.05, 0) is 20.3 Å². The molecule has 0 atom stereocenters. The topological polar surface area (TPSA) is 0 Å². The molecule has 0 unspecified atom stereocenters. The van der Waals surface area contributed by atoms with Crippen molar-refractivity contribution in [1.29, 1.82) is 0 Å². The molecule has 7 heavy (non-hydrogen) atoms. The zero-order chi connectivity index (χ0) is 5.54. The molecule has 0 aromatic carbocycles. The van der Waals surface area contributed by atoms with Crippen molar-refractivity contribution < 1.29 is 0 Å². The maximum Gasteiger partial charge on any atom is -0.00957 e. The molecule has 0 aliphatic rings. The van der Waals surface area contributed by atoms with Crippen molar-refractivity contribution >= 4 is 0 Å². The average Bonchev–Trinajstić information content (AvgIpc) is 1.69.